The Morgan fingerprint density at radius 1 is 1.11 bits per heavy atom. The van der Waals surface area contributed by atoms with Crippen molar-refractivity contribution in [2.24, 2.45) is 0 Å². The van der Waals surface area contributed by atoms with Crippen LogP contribution >= 0.6 is 23.1 Å². The normalized spacial score (nSPS) is 10.7. The Morgan fingerprint density at radius 3 is 2.67 bits per heavy atom. The summed E-state index contributed by atoms with van der Waals surface area (Å²) in [4.78, 5) is 0. The van der Waals surface area contributed by atoms with Crippen LogP contribution in [-0.2, 0) is 0 Å². The monoisotopic (exact) mass is 277 g/mol. The summed E-state index contributed by atoms with van der Waals surface area (Å²) in [5, 5.41) is 20.3. The van der Waals surface area contributed by atoms with Crippen molar-refractivity contribution in [1.82, 2.24) is 30.4 Å². The number of hydrogen-bond acceptors (Lipinski definition) is 8. The number of anilines is 1. The lowest BCUT2D eigenvalue weighted by Crippen LogP contribution is -1.98. The molecule has 0 atom stereocenters. The van der Waals surface area contributed by atoms with Crippen LogP contribution < -0.4 is 5.73 Å². The molecule has 0 radical (unpaired) electrons. The number of nitrogens with zero attached hydrogens (tertiary/aromatic N) is 6. The molecule has 18 heavy (non-hydrogen) atoms. The summed E-state index contributed by atoms with van der Waals surface area (Å²) >= 11 is 2.63. The van der Waals surface area contributed by atoms with E-state index in [0.717, 1.165) is 5.69 Å². The van der Waals surface area contributed by atoms with Gasteiger partial charge in [-0.2, -0.15) is 4.68 Å². The zero-order chi connectivity index (χ0) is 12.4. The number of nitrogens with two attached hydrogens (primary N) is 1. The van der Waals surface area contributed by atoms with Gasteiger partial charge in [-0.3, -0.25) is 0 Å². The van der Waals surface area contributed by atoms with Crippen molar-refractivity contribution >= 4 is 28.2 Å². The molecular weight excluding hydrogens is 270 g/mol. The molecule has 1 aromatic carbocycles. The second kappa shape index (κ2) is 4.70. The smallest absolute Gasteiger partial charge is 0.221 e. The average Bonchev–Trinajstić information content (AvgIpc) is 3.00. The fraction of sp³-hybridized carbons (Fsp3) is 0. The van der Waals surface area contributed by atoms with Crippen molar-refractivity contribution in [3.8, 4) is 5.69 Å². The quantitative estimate of drug-likeness (QED) is 0.769. The molecule has 0 aliphatic heterocycles. The Labute approximate surface area is 110 Å². The maximum atomic E-state index is 5.53. The Kier molecular flexibility index (Phi) is 2.90. The molecular formula is C9H7N7S2. The van der Waals surface area contributed by atoms with Gasteiger partial charge in [-0.25, -0.2) is 0 Å². The molecule has 0 amide bonds. The number of para-hydroxylation sites is 1. The summed E-state index contributed by atoms with van der Waals surface area (Å²) in [5.41, 5.74) is 6.42. The van der Waals surface area contributed by atoms with E-state index in [4.69, 9.17) is 5.73 Å². The molecule has 2 N–H and O–H groups in total. The van der Waals surface area contributed by atoms with Crippen molar-refractivity contribution in [1.29, 1.82) is 0 Å². The highest BCUT2D eigenvalue weighted by Crippen LogP contribution is 2.29. The number of benzene rings is 1. The van der Waals surface area contributed by atoms with Crippen molar-refractivity contribution in [3.05, 3.63) is 30.3 Å². The first-order valence-electron chi connectivity index (χ1n) is 4.93. The number of nitrogen functional groups attached to an aromatic ring is 1. The largest absolute Gasteiger partial charge is 0.374 e. The van der Waals surface area contributed by atoms with Crippen molar-refractivity contribution in [2.45, 2.75) is 9.50 Å². The van der Waals surface area contributed by atoms with Crippen LogP contribution in [-0.4, -0.2) is 30.4 Å². The van der Waals surface area contributed by atoms with Gasteiger partial charge in [-0.05, 0) is 34.3 Å². The highest BCUT2D eigenvalue weighted by atomic mass is 32.2. The molecule has 0 saturated heterocycles. The maximum absolute atomic E-state index is 5.53. The van der Waals surface area contributed by atoms with Gasteiger partial charge in [0.2, 0.25) is 10.3 Å². The SMILES string of the molecule is Nc1nnc(Sc2nnnn2-c2ccccc2)s1. The summed E-state index contributed by atoms with van der Waals surface area (Å²) in [5.74, 6) is 0. The molecule has 90 valence electrons. The van der Waals surface area contributed by atoms with Crippen LogP contribution in [0.2, 0.25) is 0 Å². The zero-order valence-corrected chi connectivity index (χ0v) is 10.6. The van der Waals surface area contributed by atoms with Gasteiger partial charge < -0.3 is 5.73 Å². The number of tetrazole rings is 1. The minimum atomic E-state index is 0.427. The Bertz CT molecular complexity index is 648. The standard InChI is InChI=1S/C9H7N7S2/c10-7-11-13-9(17-7)18-8-12-14-15-16(8)6-4-2-1-3-5-6/h1-5H,(H2,10,11). The Hall–Kier alpha value is -2.00. The first-order chi connectivity index (χ1) is 8.83. The highest BCUT2D eigenvalue weighted by molar-refractivity contribution is 8.00. The van der Waals surface area contributed by atoms with E-state index >= 15 is 0 Å². The predicted octanol–water partition coefficient (Wildman–Crippen LogP) is 1.25. The van der Waals surface area contributed by atoms with E-state index < -0.39 is 0 Å². The van der Waals surface area contributed by atoms with Crippen molar-refractivity contribution < 1.29 is 0 Å². The van der Waals surface area contributed by atoms with Gasteiger partial charge in [0.25, 0.3) is 0 Å². The molecule has 0 aliphatic carbocycles. The first kappa shape index (κ1) is 11.1. The van der Waals surface area contributed by atoms with Gasteiger partial charge in [-0.15, -0.1) is 15.3 Å². The predicted molar refractivity (Wildman–Crippen MR) is 67.6 cm³/mol. The molecule has 0 unspecified atom stereocenters. The van der Waals surface area contributed by atoms with Gasteiger partial charge in [0.15, 0.2) is 4.34 Å². The summed E-state index contributed by atoms with van der Waals surface area (Å²) in [7, 11) is 0. The molecule has 2 aromatic heterocycles. The number of rotatable bonds is 3. The molecule has 2 heterocycles. The molecule has 0 saturated carbocycles. The molecule has 0 aliphatic rings. The molecule has 0 spiro atoms. The molecule has 0 bridgehead atoms. The minimum Gasteiger partial charge on any atom is -0.374 e. The minimum absolute atomic E-state index is 0.427. The second-order valence-corrected chi connectivity index (χ2v) is 5.44. The summed E-state index contributed by atoms with van der Waals surface area (Å²) in [6.45, 7) is 0. The van der Waals surface area contributed by atoms with E-state index in [9.17, 15) is 0 Å². The summed E-state index contributed by atoms with van der Waals surface area (Å²) < 4.78 is 2.35. The number of hydrogen-bond donors (Lipinski definition) is 1. The molecule has 3 rings (SSSR count). The van der Waals surface area contributed by atoms with Gasteiger partial charge in [0.1, 0.15) is 0 Å². The van der Waals surface area contributed by atoms with E-state index in [2.05, 4.69) is 25.7 Å². The molecule has 7 nitrogen and oxygen atoms in total. The zero-order valence-electron chi connectivity index (χ0n) is 8.96. The molecule has 3 aromatic rings. The van der Waals surface area contributed by atoms with E-state index in [1.165, 1.54) is 23.1 Å². The van der Waals surface area contributed by atoms with Gasteiger partial charge in [0.05, 0.1) is 5.69 Å². The average molecular weight is 277 g/mol. The molecule has 0 fully saturated rings. The lowest BCUT2D eigenvalue weighted by atomic mass is 10.3. The van der Waals surface area contributed by atoms with Crippen molar-refractivity contribution in [3.63, 3.8) is 0 Å². The maximum Gasteiger partial charge on any atom is 0.221 e. The van der Waals surface area contributed by atoms with Crippen molar-refractivity contribution in [2.75, 3.05) is 5.73 Å². The van der Waals surface area contributed by atoms with E-state index in [1.54, 1.807) is 4.68 Å². The summed E-state index contributed by atoms with van der Waals surface area (Å²) in [6, 6.07) is 9.64. The first-order valence-corrected chi connectivity index (χ1v) is 6.57. The van der Waals surface area contributed by atoms with Gasteiger partial charge in [0, 0.05) is 0 Å². The molecule has 9 heteroatoms. The third-order valence-corrected chi connectivity index (χ3v) is 3.78. The van der Waals surface area contributed by atoms with Crippen LogP contribution in [0.4, 0.5) is 5.13 Å². The number of aromatic nitrogens is 6. The van der Waals surface area contributed by atoms with Crippen LogP contribution in [0.25, 0.3) is 5.69 Å². The Balaban J connectivity index is 1.93. The van der Waals surface area contributed by atoms with Gasteiger partial charge in [-0.1, -0.05) is 29.5 Å². The lowest BCUT2D eigenvalue weighted by Gasteiger charge is -2.01. The van der Waals surface area contributed by atoms with Gasteiger partial charge >= 0.3 is 0 Å². The van der Waals surface area contributed by atoms with Crippen LogP contribution in [0.3, 0.4) is 0 Å². The third-order valence-electron chi connectivity index (χ3n) is 2.04. The van der Waals surface area contributed by atoms with Crippen LogP contribution in [0, 0.1) is 0 Å². The highest BCUT2D eigenvalue weighted by Gasteiger charge is 2.12. The fourth-order valence-corrected chi connectivity index (χ4v) is 2.85. The lowest BCUT2D eigenvalue weighted by molar-refractivity contribution is 0.756. The van der Waals surface area contributed by atoms with E-state index in [0.29, 0.717) is 14.6 Å². The topological polar surface area (TPSA) is 95.4 Å². The van der Waals surface area contributed by atoms with E-state index in [1.807, 2.05) is 30.3 Å². The van der Waals surface area contributed by atoms with Crippen LogP contribution in [0.1, 0.15) is 0 Å². The van der Waals surface area contributed by atoms with Crippen LogP contribution in [0.5, 0.6) is 0 Å². The summed E-state index contributed by atoms with van der Waals surface area (Å²) in [6.07, 6.45) is 0. The van der Waals surface area contributed by atoms with Crippen LogP contribution in [0.15, 0.2) is 39.8 Å². The fourth-order valence-electron chi connectivity index (χ4n) is 1.31. The Morgan fingerprint density at radius 2 is 1.94 bits per heavy atom. The third kappa shape index (κ3) is 2.17. The van der Waals surface area contributed by atoms with E-state index in [-0.39, 0.29) is 0 Å². The second-order valence-electron chi connectivity index (χ2n) is 3.22.